The number of rotatable bonds is 2. The fourth-order valence-electron chi connectivity index (χ4n) is 2.02. The minimum Gasteiger partial charge on any atom is -0.362 e. The molecule has 0 radical (unpaired) electrons. The summed E-state index contributed by atoms with van der Waals surface area (Å²) >= 11 is 0. The smallest absolute Gasteiger partial charge is 0.362 e. The average molecular weight is 382 g/mol. The van der Waals surface area contributed by atoms with Crippen LogP contribution in [-0.4, -0.2) is 29.8 Å². The number of hydrogen-bond donors (Lipinski definition) is 1. The van der Waals surface area contributed by atoms with Gasteiger partial charge in [-0.1, -0.05) is 12.1 Å². The highest BCUT2D eigenvalue weighted by molar-refractivity contribution is 7.98. The maximum atomic E-state index is 12.0. The first-order chi connectivity index (χ1) is 10.5. The number of benzene rings is 2. The fraction of sp³-hybridized carbons (Fsp3) is 0. The van der Waals surface area contributed by atoms with Crippen LogP contribution in [-0.2, 0) is 34.5 Å². The van der Waals surface area contributed by atoms with Gasteiger partial charge in [-0.3, -0.25) is 4.55 Å². The van der Waals surface area contributed by atoms with Gasteiger partial charge in [-0.05, 0) is 23.6 Å². The number of fused-ring (bicyclic) bond motifs is 3. The Morgan fingerprint density at radius 3 is 2.35 bits per heavy atom. The first-order valence-corrected chi connectivity index (χ1v) is 9.72. The Kier molecular flexibility index (Phi) is 3.32. The third kappa shape index (κ3) is 3.09. The van der Waals surface area contributed by atoms with Crippen LogP contribution in [0.3, 0.4) is 0 Å². The van der Waals surface area contributed by atoms with Gasteiger partial charge < -0.3 is 8.37 Å². The fourth-order valence-corrected chi connectivity index (χ4v) is 4.84. The molecule has 23 heavy (non-hydrogen) atoms. The predicted molar refractivity (Wildman–Crippen MR) is 73.9 cm³/mol. The van der Waals surface area contributed by atoms with Crippen molar-refractivity contribution in [3.8, 4) is 11.5 Å². The van der Waals surface area contributed by atoms with Gasteiger partial charge in [0.05, 0.1) is 0 Å². The first kappa shape index (κ1) is 15.9. The largest absolute Gasteiger partial charge is 0.464 e. The van der Waals surface area contributed by atoms with E-state index in [1.54, 1.807) is 0 Å². The lowest BCUT2D eigenvalue weighted by atomic mass is 10.1. The molecule has 3 rings (SSSR count). The lowest BCUT2D eigenvalue weighted by molar-refractivity contribution is 0.370. The Morgan fingerprint density at radius 1 is 1.04 bits per heavy atom. The van der Waals surface area contributed by atoms with Gasteiger partial charge in [-0.25, -0.2) is 0 Å². The molecular weight excluding hydrogens is 376 g/mol. The summed E-state index contributed by atoms with van der Waals surface area (Å²) in [5, 5.41) is 0.195. The van der Waals surface area contributed by atoms with Gasteiger partial charge in [-0.15, -0.1) is 3.63 Å². The molecule has 1 N–H and O–H groups in total. The lowest BCUT2D eigenvalue weighted by Gasteiger charge is -2.18. The minimum absolute atomic E-state index is 0.112. The Labute approximate surface area is 130 Å². The average Bonchev–Trinajstić information content (AvgIpc) is 2.32. The minimum atomic E-state index is -4.82. The van der Waals surface area contributed by atoms with Crippen molar-refractivity contribution in [1.29, 1.82) is 0 Å². The van der Waals surface area contributed by atoms with Crippen molar-refractivity contribution in [2.75, 3.05) is 0 Å². The van der Waals surface area contributed by atoms with E-state index < -0.39 is 47.3 Å². The number of hydrogen-bond acceptors (Lipinski definition) is 9. The molecule has 0 amide bonds. The van der Waals surface area contributed by atoms with Crippen LogP contribution in [0.25, 0.3) is 10.8 Å². The lowest BCUT2D eigenvalue weighted by Crippen LogP contribution is -2.25. The van der Waals surface area contributed by atoms with Crippen molar-refractivity contribution in [2.24, 2.45) is 0 Å². The first-order valence-electron chi connectivity index (χ1n) is 5.61. The van der Waals surface area contributed by atoms with Crippen LogP contribution in [0.15, 0.2) is 35.2 Å². The highest BCUT2D eigenvalue weighted by atomic mass is 32.3. The van der Waals surface area contributed by atoms with E-state index >= 15 is 0 Å². The Morgan fingerprint density at radius 2 is 1.70 bits per heavy atom. The molecule has 0 aliphatic carbocycles. The molecule has 0 saturated carbocycles. The van der Waals surface area contributed by atoms with E-state index in [4.69, 9.17) is 4.55 Å². The summed E-state index contributed by atoms with van der Waals surface area (Å²) in [6, 6.07) is 5.90. The molecule has 0 saturated heterocycles. The summed E-state index contributed by atoms with van der Waals surface area (Å²) in [6.45, 7) is 0. The van der Waals surface area contributed by atoms with Crippen LogP contribution >= 0.6 is 0 Å². The van der Waals surface area contributed by atoms with Crippen LogP contribution in [0, 0.1) is 0 Å². The molecule has 2 aromatic carbocycles. The quantitative estimate of drug-likeness (QED) is 0.721. The monoisotopic (exact) mass is 382 g/mol. The van der Waals surface area contributed by atoms with Gasteiger partial charge >= 0.3 is 30.9 Å². The summed E-state index contributed by atoms with van der Waals surface area (Å²) in [7, 11) is -14.3. The summed E-state index contributed by atoms with van der Waals surface area (Å²) < 4.78 is 89.3. The van der Waals surface area contributed by atoms with Crippen molar-refractivity contribution in [2.45, 2.75) is 4.90 Å². The van der Waals surface area contributed by atoms with Gasteiger partial charge in [0.25, 0.3) is 0 Å². The van der Waals surface area contributed by atoms with Crippen LogP contribution in [0.4, 0.5) is 0 Å². The van der Waals surface area contributed by atoms with Crippen LogP contribution in [0.2, 0.25) is 0 Å². The van der Waals surface area contributed by atoms with Crippen molar-refractivity contribution >= 4 is 41.7 Å². The molecule has 0 bridgehead atoms. The molecule has 0 fully saturated rings. The van der Waals surface area contributed by atoms with E-state index in [2.05, 4.69) is 12.0 Å². The second-order valence-electron chi connectivity index (χ2n) is 4.30. The molecule has 1 heterocycles. The van der Waals surface area contributed by atoms with Crippen LogP contribution < -0.4 is 8.37 Å². The third-order valence-electron chi connectivity index (χ3n) is 2.72. The van der Waals surface area contributed by atoms with Crippen molar-refractivity contribution in [1.82, 2.24) is 0 Å². The zero-order valence-electron chi connectivity index (χ0n) is 10.7. The normalized spacial score (nSPS) is 18.8. The molecule has 13 heteroatoms. The van der Waals surface area contributed by atoms with E-state index in [0.717, 1.165) is 18.2 Å². The third-order valence-corrected chi connectivity index (χ3v) is 5.81. The van der Waals surface area contributed by atoms with E-state index in [9.17, 15) is 25.3 Å². The zero-order chi connectivity index (χ0) is 17.0. The van der Waals surface area contributed by atoms with E-state index in [0.29, 0.717) is 5.39 Å². The van der Waals surface area contributed by atoms with E-state index in [-0.39, 0.29) is 5.39 Å². The highest BCUT2D eigenvalue weighted by Gasteiger charge is 2.38. The molecule has 2 aromatic rings. The Hall–Kier alpha value is -1.93. The summed E-state index contributed by atoms with van der Waals surface area (Å²) in [4.78, 5) is -0.606. The van der Waals surface area contributed by atoms with Crippen LogP contribution in [0.5, 0.6) is 11.5 Å². The van der Waals surface area contributed by atoms with Crippen molar-refractivity contribution in [3.63, 3.8) is 0 Å². The Balaban J connectivity index is 2.33. The van der Waals surface area contributed by atoms with Crippen molar-refractivity contribution in [3.05, 3.63) is 30.3 Å². The summed E-state index contributed by atoms with van der Waals surface area (Å²) in [6.07, 6.45) is 0. The Bertz CT molecular complexity index is 1130. The van der Waals surface area contributed by atoms with Gasteiger partial charge in [-0.2, -0.15) is 25.3 Å². The maximum Gasteiger partial charge on any atom is 0.464 e. The molecule has 1 aliphatic rings. The predicted octanol–water partition coefficient (Wildman–Crippen LogP) is 0.364. The zero-order valence-corrected chi connectivity index (χ0v) is 13.2. The highest BCUT2D eigenvalue weighted by Crippen LogP contribution is 2.39. The molecule has 10 nitrogen and oxygen atoms in total. The SMILES string of the molecule is O=S(=O)(O)Oc1ccc2ccc3c(c2c1)S(=O)(=O)OS(=O)(=O)O3. The van der Waals surface area contributed by atoms with E-state index in [1.807, 2.05) is 0 Å². The van der Waals surface area contributed by atoms with Gasteiger partial charge in [0.2, 0.25) is 0 Å². The molecule has 1 aliphatic heterocycles. The standard InChI is InChI=1S/C10H6O10S3/c11-21(12)10-8-5-7(18-22(13,14)15)3-1-6(8)2-4-9(10)19-23(16,17)20-21/h1-5H,(H,13,14,15). The molecular formula is C10H6O10S3. The second kappa shape index (κ2) is 4.78. The van der Waals surface area contributed by atoms with E-state index in [1.165, 1.54) is 12.1 Å². The topological polar surface area (TPSA) is 150 Å². The van der Waals surface area contributed by atoms with Gasteiger partial charge in [0.15, 0.2) is 5.75 Å². The molecule has 124 valence electrons. The molecule has 0 spiro atoms. The summed E-state index contributed by atoms with van der Waals surface area (Å²) in [5.74, 6) is -0.898. The van der Waals surface area contributed by atoms with Gasteiger partial charge in [0.1, 0.15) is 10.6 Å². The maximum absolute atomic E-state index is 12.0. The summed E-state index contributed by atoms with van der Waals surface area (Å²) in [5.41, 5.74) is 0. The van der Waals surface area contributed by atoms with Crippen LogP contribution in [0.1, 0.15) is 0 Å². The molecule has 0 unspecified atom stereocenters. The second-order valence-corrected chi connectivity index (χ2v) is 8.17. The van der Waals surface area contributed by atoms with Crippen molar-refractivity contribution < 1.29 is 41.8 Å². The molecule has 0 aromatic heterocycles. The molecule has 0 atom stereocenters. The van der Waals surface area contributed by atoms with Gasteiger partial charge in [0, 0.05) is 5.39 Å².